The van der Waals surface area contributed by atoms with E-state index in [-0.39, 0.29) is 24.6 Å². The molecule has 1 aromatic heterocycles. The fourth-order valence-electron chi connectivity index (χ4n) is 2.10. The smallest absolute Gasteiger partial charge is 0.351 e. The first-order valence-corrected chi connectivity index (χ1v) is 7.62. The zero-order valence-corrected chi connectivity index (χ0v) is 14.8. The largest absolute Gasteiger partial charge is 0.434 e. The molecular weight excluding hydrogens is 380 g/mol. The Hall–Kier alpha value is -1.77. The number of alkyl halides is 3. The average molecular weight is 397 g/mol. The third kappa shape index (κ3) is 5.35. The Morgan fingerprint density at radius 3 is 2.44 bits per heavy atom. The van der Waals surface area contributed by atoms with Crippen molar-refractivity contribution < 1.29 is 18.0 Å². The molecule has 1 aromatic carbocycles. The second-order valence-corrected chi connectivity index (χ2v) is 5.34. The highest BCUT2D eigenvalue weighted by Crippen LogP contribution is 2.33. The molecular formula is C15H17Cl2F3N4O. The maximum Gasteiger partial charge on any atom is 0.434 e. The van der Waals surface area contributed by atoms with Gasteiger partial charge in [-0.1, -0.05) is 18.5 Å². The van der Waals surface area contributed by atoms with Crippen LogP contribution < -0.4 is 10.6 Å². The summed E-state index contributed by atoms with van der Waals surface area (Å²) in [6.07, 6.45) is -3.81. The monoisotopic (exact) mass is 396 g/mol. The number of hydrogen-bond donors (Lipinski definition) is 2. The second kappa shape index (κ2) is 9.07. The van der Waals surface area contributed by atoms with Crippen LogP contribution in [0.5, 0.6) is 0 Å². The highest BCUT2D eigenvalue weighted by Gasteiger charge is 2.40. The van der Waals surface area contributed by atoms with Crippen LogP contribution in [-0.2, 0) is 6.18 Å². The fourth-order valence-corrected chi connectivity index (χ4v) is 2.23. The van der Waals surface area contributed by atoms with Crippen molar-refractivity contribution in [3.8, 4) is 5.69 Å². The van der Waals surface area contributed by atoms with E-state index in [4.69, 9.17) is 11.6 Å². The number of benzene rings is 1. The molecule has 1 amide bonds. The van der Waals surface area contributed by atoms with Crippen LogP contribution in [0.15, 0.2) is 30.5 Å². The number of nitrogens with zero attached hydrogens (tertiary/aromatic N) is 2. The molecule has 2 N–H and O–H groups in total. The second-order valence-electron chi connectivity index (χ2n) is 4.90. The number of likely N-dealkylation sites (N-methyl/N-ethyl adjacent to an activating group) is 1. The van der Waals surface area contributed by atoms with Crippen molar-refractivity contribution in [1.29, 1.82) is 0 Å². The normalized spacial score (nSPS) is 11.1. The van der Waals surface area contributed by atoms with Gasteiger partial charge in [0.1, 0.15) is 0 Å². The van der Waals surface area contributed by atoms with E-state index < -0.39 is 23.3 Å². The van der Waals surface area contributed by atoms with Gasteiger partial charge in [-0.05, 0) is 30.8 Å². The third-order valence-electron chi connectivity index (χ3n) is 3.19. The van der Waals surface area contributed by atoms with Gasteiger partial charge >= 0.3 is 6.18 Å². The minimum atomic E-state index is -4.73. The van der Waals surface area contributed by atoms with E-state index in [9.17, 15) is 18.0 Å². The first-order valence-electron chi connectivity index (χ1n) is 7.24. The third-order valence-corrected chi connectivity index (χ3v) is 3.44. The number of amides is 1. The zero-order valence-electron chi connectivity index (χ0n) is 13.2. The number of carbonyl (C=O) groups is 1. The van der Waals surface area contributed by atoms with E-state index in [1.807, 2.05) is 6.92 Å². The Kier molecular flexibility index (Phi) is 7.72. The molecule has 10 heteroatoms. The van der Waals surface area contributed by atoms with Crippen molar-refractivity contribution in [2.45, 2.75) is 13.1 Å². The predicted molar refractivity (Wildman–Crippen MR) is 91.7 cm³/mol. The van der Waals surface area contributed by atoms with E-state index >= 15 is 0 Å². The summed E-state index contributed by atoms with van der Waals surface area (Å²) in [7, 11) is 0. The van der Waals surface area contributed by atoms with Crippen molar-refractivity contribution in [3.63, 3.8) is 0 Å². The number of nitrogens with one attached hydrogen (secondary N) is 2. The molecule has 0 atom stereocenters. The molecule has 0 saturated carbocycles. The Balaban J connectivity index is 0.00000312. The molecule has 2 aromatic rings. The Labute approximate surface area is 153 Å². The van der Waals surface area contributed by atoms with Gasteiger partial charge in [0.25, 0.3) is 5.91 Å². The lowest BCUT2D eigenvalue weighted by Gasteiger charge is -2.13. The van der Waals surface area contributed by atoms with Crippen LogP contribution in [0.3, 0.4) is 0 Å². The number of carbonyl (C=O) groups excluding carboxylic acids is 1. The Bertz CT molecular complexity index is 702. The first-order chi connectivity index (χ1) is 11.3. The van der Waals surface area contributed by atoms with Gasteiger partial charge in [0.2, 0.25) is 0 Å². The Morgan fingerprint density at radius 2 is 1.88 bits per heavy atom. The van der Waals surface area contributed by atoms with Crippen LogP contribution in [0, 0.1) is 0 Å². The molecule has 0 radical (unpaired) electrons. The van der Waals surface area contributed by atoms with E-state index in [0.29, 0.717) is 22.8 Å². The highest BCUT2D eigenvalue weighted by molar-refractivity contribution is 6.30. The fraction of sp³-hybridized carbons (Fsp3) is 0.333. The molecule has 0 fully saturated rings. The van der Waals surface area contributed by atoms with Gasteiger partial charge in [0, 0.05) is 18.1 Å². The minimum Gasteiger partial charge on any atom is -0.351 e. The van der Waals surface area contributed by atoms with Gasteiger partial charge in [0.15, 0.2) is 5.69 Å². The van der Waals surface area contributed by atoms with Gasteiger partial charge in [-0.25, -0.2) is 4.68 Å². The van der Waals surface area contributed by atoms with Crippen LogP contribution >= 0.6 is 24.0 Å². The maximum atomic E-state index is 13.4. The van der Waals surface area contributed by atoms with Gasteiger partial charge in [-0.15, -0.1) is 12.4 Å². The quantitative estimate of drug-likeness (QED) is 0.736. The molecule has 1 heterocycles. The molecule has 0 spiro atoms. The average Bonchev–Trinajstić information content (AvgIpc) is 2.97. The number of aromatic nitrogens is 2. The van der Waals surface area contributed by atoms with Crippen molar-refractivity contribution in [3.05, 3.63) is 46.7 Å². The van der Waals surface area contributed by atoms with Crippen molar-refractivity contribution in [2.75, 3.05) is 19.6 Å². The van der Waals surface area contributed by atoms with Crippen LogP contribution in [0.2, 0.25) is 5.02 Å². The minimum absolute atomic E-state index is 0. The van der Waals surface area contributed by atoms with Crippen molar-refractivity contribution in [2.24, 2.45) is 0 Å². The summed E-state index contributed by atoms with van der Waals surface area (Å²) in [6.45, 7) is 3.28. The van der Waals surface area contributed by atoms with Gasteiger partial charge < -0.3 is 10.6 Å². The summed E-state index contributed by atoms with van der Waals surface area (Å²) in [5.41, 5.74) is -1.47. The molecule has 0 aliphatic rings. The van der Waals surface area contributed by atoms with E-state index in [2.05, 4.69) is 15.7 Å². The molecule has 0 unspecified atom stereocenters. The molecule has 2 rings (SSSR count). The van der Waals surface area contributed by atoms with E-state index in [1.165, 1.54) is 24.3 Å². The summed E-state index contributed by atoms with van der Waals surface area (Å²) in [6, 6.07) is 5.71. The standard InChI is InChI=1S/C15H16ClF3N4O.ClH/c1-2-20-7-8-21-14(24)12-9-22-23(13(12)15(17,18)19)11-5-3-10(16)4-6-11;/h3-6,9,20H,2,7-8H2,1H3,(H,21,24);1H. The van der Waals surface area contributed by atoms with Crippen molar-refractivity contribution in [1.82, 2.24) is 20.4 Å². The van der Waals surface area contributed by atoms with Crippen LogP contribution in [0.25, 0.3) is 5.69 Å². The molecule has 0 aliphatic carbocycles. The summed E-state index contributed by atoms with van der Waals surface area (Å²) >= 11 is 5.75. The lowest BCUT2D eigenvalue weighted by atomic mass is 10.2. The molecule has 0 bridgehead atoms. The zero-order chi connectivity index (χ0) is 17.7. The van der Waals surface area contributed by atoms with Gasteiger partial charge in [-0.3, -0.25) is 4.79 Å². The van der Waals surface area contributed by atoms with Gasteiger partial charge in [-0.2, -0.15) is 18.3 Å². The SMILES string of the molecule is CCNCCNC(=O)c1cnn(-c2ccc(Cl)cc2)c1C(F)(F)F.Cl. The van der Waals surface area contributed by atoms with Crippen molar-refractivity contribution >= 4 is 29.9 Å². The summed E-state index contributed by atoms with van der Waals surface area (Å²) < 4.78 is 41.0. The summed E-state index contributed by atoms with van der Waals surface area (Å²) in [4.78, 5) is 12.1. The van der Waals surface area contributed by atoms with Crippen LogP contribution in [0.4, 0.5) is 13.2 Å². The molecule has 5 nitrogen and oxygen atoms in total. The topological polar surface area (TPSA) is 58.9 Å². The van der Waals surface area contributed by atoms with Crippen LogP contribution in [-0.4, -0.2) is 35.3 Å². The number of halogens is 5. The first kappa shape index (κ1) is 21.3. The molecule has 25 heavy (non-hydrogen) atoms. The lowest BCUT2D eigenvalue weighted by Crippen LogP contribution is -2.32. The number of rotatable bonds is 6. The number of hydrogen-bond acceptors (Lipinski definition) is 3. The lowest BCUT2D eigenvalue weighted by molar-refractivity contribution is -0.143. The maximum absolute atomic E-state index is 13.4. The summed E-state index contributed by atoms with van der Waals surface area (Å²) in [5.74, 6) is -0.819. The molecule has 0 saturated heterocycles. The van der Waals surface area contributed by atoms with Gasteiger partial charge in [0.05, 0.1) is 17.4 Å². The predicted octanol–water partition coefficient (Wildman–Crippen LogP) is 3.31. The van der Waals surface area contributed by atoms with E-state index in [0.717, 1.165) is 6.20 Å². The van der Waals surface area contributed by atoms with E-state index in [1.54, 1.807) is 0 Å². The van der Waals surface area contributed by atoms with Crippen LogP contribution in [0.1, 0.15) is 23.0 Å². The summed E-state index contributed by atoms with van der Waals surface area (Å²) in [5, 5.41) is 9.53. The highest BCUT2D eigenvalue weighted by atomic mass is 35.5. The molecule has 0 aliphatic heterocycles. The molecule has 138 valence electrons. The Morgan fingerprint density at radius 1 is 1.24 bits per heavy atom.